The molecule has 1 N–H and O–H groups in total. The molecule has 0 aliphatic heterocycles. The number of rotatable bonds is 8. The third kappa shape index (κ3) is 4.58. The average Bonchev–Trinajstić information content (AvgIpc) is 2.98. The van der Waals surface area contributed by atoms with Crippen molar-refractivity contribution in [3.63, 3.8) is 0 Å². The van der Waals surface area contributed by atoms with E-state index in [4.69, 9.17) is 11.6 Å². The zero-order valence-electron chi connectivity index (χ0n) is 12.8. The molecular weight excluding hydrogens is 282 g/mol. The van der Waals surface area contributed by atoms with Crippen LogP contribution in [-0.4, -0.2) is 16.3 Å². The third-order valence-electron chi connectivity index (χ3n) is 3.77. The summed E-state index contributed by atoms with van der Waals surface area (Å²) in [5.41, 5.74) is 2.22. The fraction of sp³-hybridized carbons (Fsp3) is 0.471. The quantitative estimate of drug-likeness (QED) is 0.736. The molecule has 1 aromatic carbocycles. The summed E-state index contributed by atoms with van der Waals surface area (Å²) in [4.78, 5) is 0. The summed E-state index contributed by atoms with van der Waals surface area (Å²) < 4.78 is 2.08. The van der Waals surface area contributed by atoms with Crippen LogP contribution in [-0.2, 0) is 6.54 Å². The summed E-state index contributed by atoms with van der Waals surface area (Å²) in [6.07, 6.45) is 4.30. The Labute approximate surface area is 132 Å². The lowest BCUT2D eigenvalue weighted by Gasteiger charge is -2.13. The monoisotopic (exact) mass is 305 g/mol. The number of hydrogen-bond donors (Lipinski definition) is 1. The largest absolute Gasteiger partial charge is 0.309 e. The highest BCUT2D eigenvalue weighted by molar-refractivity contribution is 6.21. The van der Waals surface area contributed by atoms with Crippen LogP contribution in [0.3, 0.4) is 0 Å². The lowest BCUT2D eigenvalue weighted by molar-refractivity contribution is 0.424. The SMILES string of the molecule is CCC(CC)n1ccc(CNCC(Cl)c2ccccc2)n1. The Hall–Kier alpha value is -1.32. The van der Waals surface area contributed by atoms with Crippen molar-refractivity contribution in [3.8, 4) is 0 Å². The van der Waals surface area contributed by atoms with E-state index in [1.54, 1.807) is 0 Å². The van der Waals surface area contributed by atoms with Crippen molar-refractivity contribution >= 4 is 11.6 Å². The van der Waals surface area contributed by atoms with E-state index in [0.717, 1.165) is 37.2 Å². The molecule has 21 heavy (non-hydrogen) atoms. The average molecular weight is 306 g/mol. The molecule has 1 unspecified atom stereocenters. The standard InChI is InChI=1S/C17H24ClN3/c1-3-16(4-2)21-11-10-15(20-21)12-19-13-17(18)14-8-6-5-7-9-14/h5-11,16-17,19H,3-4,12-13H2,1-2H3. The maximum Gasteiger partial charge on any atom is 0.0762 e. The molecule has 0 aliphatic carbocycles. The second-order valence-electron chi connectivity index (χ2n) is 5.27. The molecule has 0 spiro atoms. The molecule has 3 nitrogen and oxygen atoms in total. The Morgan fingerprint density at radius 1 is 1.14 bits per heavy atom. The zero-order chi connectivity index (χ0) is 15.1. The van der Waals surface area contributed by atoms with Crippen LogP contribution in [0.2, 0.25) is 0 Å². The predicted molar refractivity (Wildman–Crippen MR) is 88.6 cm³/mol. The first-order chi connectivity index (χ1) is 10.2. The molecule has 2 rings (SSSR count). The lowest BCUT2D eigenvalue weighted by Crippen LogP contribution is -2.19. The molecule has 4 heteroatoms. The highest BCUT2D eigenvalue weighted by Gasteiger charge is 2.09. The van der Waals surface area contributed by atoms with Crippen molar-refractivity contribution in [1.29, 1.82) is 0 Å². The molecule has 114 valence electrons. The van der Waals surface area contributed by atoms with Gasteiger partial charge in [-0.05, 0) is 24.5 Å². The summed E-state index contributed by atoms with van der Waals surface area (Å²) in [5, 5.41) is 8.01. The van der Waals surface area contributed by atoms with Gasteiger partial charge in [-0.3, -0.25) is 4.68 Å². The van der Waals surface area contributed by atoms with Gasteiger partial charge < -0.3 is 5.32 Å². The molecule has 0 radical (unpaired) electrons. The molecular formula is C17H24ClN3. The molecule has 0 fully saturated rings. The van der Waals surface area contributed by atoms with Crippen LogP contribution in [0.4, 0.5) is 0 Å². The first kappa shape index (κ1) is 16.1. The van der Waals surface area contributed by atoms with Crippen LogP contribution in [0.25, 0.3) is 0 Å². The predicted octanol–water partition coefficient (Wildman–Crippen LogP) is 4.31. The van der Waals surface area contributed by atoms with Crippen molar-refractivity contribution in [2.75, 3.05) is 6.54 Å². The highest BCUT2D eigenvalue weighted by atomic mass is 35.5. The Morgan fingerprint density at radius 3 is 2.52 bits per heavy atom. The molecule has 1 aromatic heterocycles. The topological polar surface area (TPSA) is 29.9 Å². The van der Waals surface area contributed by atoms with E-state index >= 15 is 0 Å². The van der Waals surface area contributed by atoms with Gasteiger partial charge in [0.1, 0.15) is 0 Å². The maximum absolute atomic E-state index is 6.38. The van der Waals surface area contributed by atoms with Gasteiger partial charge in [-0.15, -0.1) is 11.6 Å². The second kappa shape index (κ2) is 8.20. The normalized spacial score (nSPS) is 12.8. The Kier molecular flexibility index (Phi) is 6.27. The minimum absolute atomic E-state index is 0.00711. The fourth-order valence-corrected chi connectivity index (χ4v) is 2.70. The molecule has 0 aliphatic rings. The van der Waals surface area contributed by atoms with Crippen molar-refractivity contribution in [1.82, 2.24) is 15.1 Å². The Bertz CT molecular complexity index is 520. The maximum atomic E-state index is 6.38. The van der Waals surface area contributed by atoms with Gasteiger partial charge >= 0.3 is 0 Å². The summed E-state index contributed by atoms with van der Waals surface area (Å²) in [6, 6.07) is 12.7. The van der Waals surface area contributed by atoms with Gasteiger partial charge in [0.15, 0.2) is 0 Å². The van der Waals surface area contributed by atoms with Gasteiger partial charge in [0.05, 0.1) is 17.1 Å². The first-order valence-corrected chi connectivity index (χ1v) is 8.12. The summed E-state index contributed by atoms with van der Waals surface area (Å²) in [6.45, 7) is 5.89. The van der Waals surface area contributed by atoms with E-state index in [-0.39, 0.29) is 5.38 Å². The molecule has 0 saturated heterocycles. The second-order valence-corrected chi connectivity index (χ2v) is 5.79. The van der Waals surface area contributed by atoms with E-state index < -0.39 is 0 Å². The van der Waals surface area contributed by atoms with Gasteiger partial charge in [0.25, 0.3) is 0 Å². The van der Waals surface area contributed by atoms with Crippen molar-refractivity contribution in [2.45, 2.75) is 44.7 Å². The summed E-state index contributed by atoms with van der Waals surface area (Å²) >= 11 is 6.38. The molecule has 0 saturated carbocycles. The molecule has 1 heterocycles. The number of halogens is 1. The summed E-state index contributed by atoms with van der Waals surface area (Å²) in [5.74, 6) is 0. The van der Waals surface area contributed by atoms with Gasteiger partial charge in [-0.2, -0.15) is 5.10 Å². The van der Waals surface area contributed by atoms with Crippen molar-refractivity contribution < 1.29 is 0 Å². The molecule has 1 atom stereocenters. The van der Waals surface area contributed by atoms with Crippen LogP contribution in [0.5, 0.6) is 0 Å². The van der Waals surface area contributed by atoms with Crippen molar-refractivity contribution in [3.05, 3.63) is 53.9 Å². The van der Waals surface area contributed by atoms with Gasteiger partial charge in [-0.1, -0.05) is 44.2 Å². The van der Waals surface area contributed by atoms with Gasteiger partial charge in [0.2, 0.25) is 0 Å². The van der Waals surface area contributed by atoms with E-state index in [1.165, 1.54) is 0 Å². The van der Waals surface area contributed by atoms with E-state index in [0.29, 0.717) is 6.04 Å². The Morgan fingerprint density at radius 2 is 1.86 bits per heavy atom. The fourth-order valence-electron chi connectivity index (χ4n) is 2.44. The van der Waals surface area contributed by atoms with Crippen LogP contribution < -0.4 is 5.32 Å². The van der Waals surface area contributed by atoms with E-state index in [1.807, 2.05) is 18.2 Å². The number of nitrogens with one attached hydrogen (secondary N) is 1. The minimum Gasteiger partial charge on any atom is -0.309 e. The number of alkyl halides is 1. The zero-order valence-corrected chi connectivity index (χ0v) is 13.6. The van der Waals surface area contributed by atoms with Crippen molar-refractivity contribution in [2.24, 2.45) is 0 Å². The molecule has 0 amide bonds. The van der Waals surface area contributed by atoms with Gasteiger partial charge in [0, 0.05) is 19.3 Å². The van der Waals surface area contributed by atoms with Crippen LogP contribution in [0.1, 0.15) is 49.4 Å². The number of benzene rings is 1. The summed E-state index contributed by atoms with van der Waals surface area (Å²) in [7, 11) is 0. The third-order valence-corrected chi connectivity index (χ3v) is 4.18. The minimum atomic E-state index is -0.00711. The molecule has 0 bridgehead atoms. The number of hydrogen-bond acceptors (Lipinski definition) is 2. The van der Waals surface area contributed by atoms with Crippen LogP contribution in [0.15, 0.2) is 42.6 Å². The first-order valence-electron chi connectivity index (χ1n) is 7.68. The van der Waals surface area contributed by atoms with Crippen LogP contribution in [0, 0.1) is 0 Å². The van der Waals surface area contributed by atoms with Crippen LogP contribution >= 0.6 is 11.6 Å². The lowest BCUT2D eigenvalue weighted by atomic mass is 10.1. The Balaban J connectivity index is 1.81. The van der Waals surface area contributed by atoms with E-state index in [9.17, 15) is 0 Å². The number of nitrogens with zero attached hydrogens (tertiary/aromatic N) is 2. The number of aromatic nitrogens is 2. The molecule has 2 aromatic rings. The van der Waals surface area contributed by atoms with Gasteiger partial charge in [-0.25, -0.2) is 0 Å². The van der Waals surface area contributed by atoms with E-state index in [2.05, 4.69) is 53.3 Å². The highest BCUT2D eigenvalue weighted by Crippen LogP contribution is 2.19. The smallest absolute Gasteiger partial charge is 0.0762 e.